The summed E-state index contributed by atoms with van der Waals surface area (Å²) in [6, 6.07) is 40.4. The molecule has 0 N–H and O–H groups in total. The molecule has 0 amide bonds. The monoisotopic (exact) mass is 635 g/mol. The van der Waals surface area contributed by atoms with E-state index in [1.807, 2.05) is 36.0 Å². The topological polar surface area (TPSA) is 47.9 Å². The van der Waals surface area contributed by atoms with Gasteiger partial charge in [0.05, 0.1) is 5.92 Å². The molecule has 0 saturated carbocycles. The maximum Gasteiger partial charge on any atom is 0.164 e. The number of aromatic nitrogens is 3. The molecule has 4 atom stereocenters. The molecule has 0 bridgehead atoms. The second kappa shape index (κ2) is 11.0. The molecule has 5 heteroatoms. The van der Waals surface area contributed by atoms with E-state index in [0.29, 0.717) is 22.7 Å². The van der Waals surface area contributed by atoms with Crippen LogP contribution in [0.5, 0.6) is 5.75 Å². The zero-order chi connectivity index (χ0) is 31.6. The van der Waals surface area contributed by atoms with Gasteiger partial charge in [-0.25, -0.2) is 15.0 Å². The van der Waals surface area contributed by atoms with E-state index >= 15 is 0 Å². The van der Waals surface area contributed by atoms with Crippen LogP contribution in [0.4, 0.5) is 0 Å². The molecule has 48 heavy (non-hydrogen) atoms. The maximum atomic E-state index is 6.37. The molecule has 2 aliphatic heterocycles. The van der Waals surface area contributed by atoms with Crippen LogP contribution < -0.4 is 4.74 Å². The molecule has 10 rings (SSSR count). The van der Waals surface area contributed by atoms with Gasteiger partial charge in [0.1, 0.15) is 11.9 Å². The van der Waals surface area contributed by atoms with Crippen molar-refractivity contribution in [2.75, 3.05) is 0 Å². The van der Waals surface area contributed by atoms with E-state index in [1.165, 1.54) is 32.5 Å². The molecule has 0 spiro atoms. The smallest absolute Gasteiger partial charge is 0.164 e. The molecule has 2 aliphatic carbocycles. The van der Waals surface area contributed by atoms with E-state index < -0.39 is 0 Å². The summed E-state index contributed by atoms with van der Waals surface area (Å²) in [6.45, 7) is 0. The fraction of sp³-hybridized carbons (Fsp3) is 0.0930. The molecule has 4 aliphatic rings. The molecule has 0 fully saturated rings. The first kappa shape index (κ1) is 27.6. The first-order valence-corrected chi connectivity index (χ1v) is 17.3. The highest BCUT2D eigenvalue weighted by Crippen LogP contribution is 2.50. The Hall–Kier alpha value is -5.52. The number of hydrogen-bond acceptors (Lipinski definition) is 5. The molecule has 228 valence electrons. The average Bonchev–Trinajstić information content (AvgIpc) is 3.73. The lowest BCUT2D eigenvalue weighted by molar-refractivity contribution is 0.271. The number of hydrogen-bond donors (Lipinski definition) is 0. The number of thioether (sulfide) groups is 1. The summed E-state index contributed by atoms with van der Waals surface area (Å²) >= 11 is 1.93. The normalized spacial score (nSPS) is 21.5. The van der Waals surface area contributed by atoms with Crippen LogP contribution in [0.15, 0.2) is 157 Å². The SMILES string of the molecule is C1=CC2Oc3ccccc3C2C(c2cccc3c(-c4nc(C5=CC6c7ccccc7SC6C=C5)nc(-c5ccccc5)n4)cccc23)=C1. The summed E-state index contributed by atoms with van der Waals surface area (Å²) in [7, 11) is 0. The highest BCUT2D eigenvalue weighted by Gasteiger charge is 2.37. The van der Waals surface area contributed by atoms with Crippen LogP contribution in [-0.2, 0) is 0 Å². The standard InChI is InChI=1S/C43H29N3OS/c1-2-11-26(12-3-1)41-44-42(27-23-24-39-35(25-27)31-13-5-7-22-38(31)48-39)46-43(45-41)33-19-9-15-28-29(16-8-17-30(28)33)32-18-10-21-37-40(32)34-14-4-6-20-36(34)47-37/h1-25,35,37,39-40H. The summed E-state index contributed by atoms with van der Waals surface area (Å²) in [6.07, 6.45) is 13.4. The van der Waals surface area contributed by atoms with E-state index in [-0.39, 0.29) is 17.9 Å². The third-order valence-corrected chi connectivity index (χ3v) is 11.2. The Morgan fingerprint density at radius 3 is 2.23 bits per heavy atom. The van der Waals surface area contributed by atoms with E-state index in [9.17, 15) is 0 Å². The molecular weight excluding hydrogens is 607 g/mol. The zero-order valence-electron chi connectivity index (χ0n) is 25.9. The number of ether oxygens (including phenoxy) is 1. The molecule has 3 heterocycles. The van der Waals surface area contributed by atoms with E-state index in [1.54, 1.807) is 0 Å². The zero-order valence-corrected chi connectivity index (χ0v) is 26.7. The minimum Gasteiger partial charge on any atom is -0.485 e. The van der Waals surface area contributed by atoms with Crippen molar-refractivity contribution in [2.24, 2.45) is 0 Å². The van der Waals surface area contributed by atoms with Crippen LogP contribution in [0.25, 0.3) is 44.7 Å². The average molecular weight is 636 g/mol. The maximum absolute atomic E-state index is 6.37. The van der Waals surface area contributed by atoms with Crippen molar-refractivity contribution in [3.63, 3.8) is 0 Å². The Morgan fingerprint density at radius 2 is 1.33 bits per heavy atom. The van der Waals surface area contributed by atoms with Crippen molar-refractivity contribution in [3.8, 4) is 28.5 Å². The van der Waals surface area contributed by atoms with Crippen LogP contribution in [-0.4, -0.2) is 26.3 Å². The highest BCUT2D eigenvalue weighted by atomic mass is 32.2. The Bertz CT molecular complexity index is 2390. The van der Waals surface area contributed by atoms with Crippen molar-refractivity contribution in [1.82, 2.24) is 15.0 Å². The first-order valence-electron chi connectivity index (χ1n) is 16.4. The Balaban J connectivity index is 1.12. The van der Waals surface area contributed by atoms with E-state index in [4.69, 9.17) is 19.7 Å². The lowest BCUT2D eigenvalue weighted by Gasteiger charge is -2.24. The minimum absolute atomic E-state index is 0.0120. The third kappa shape index (κ3) is 4.42. The largest absolute Gasteiger partial charge is 0.485 e. The van der Waals surface area contributed by atoms with Gasteiger partial charge in [-0.05, 0) is 45.7 Å². The minimum atomic E-state index is -0.0120. The molecule has 0 radical (unpaired) electrons. The number of rotatable bonds is 4. The third-order valence-electron chi connectivity index (χ3n) is 9.88. The van der Waals surface area contributed by atoms with Gasteiger partial charge >= 0.3 is 0 Å². The number of fused-ring (bicyclic) bond motifs is 7. The van der Waals surface area contributed by atoms with Crippen molar-refractivity contribution in [2.45, 2.75) is 28.1 Å². The van der Waals surface area contributed by atoms with Crippen molar-refractivity contribution < 1.29 is 4.74 Å². The second-order valence-electron chi connectivity index (χ2n) is 12.6. The molecule has 1 aromatic heterocycles. The highest BCUT2D eigenvalue weighted by molar-refractivity contribution is 8.00. The lowest BCUT2D eigenvalue weighted by atomic mass is 9.80. The van der Waals surface area contributed by atoms with Gasteiger partial charge in [0, 0.05) is 38.3 Å². The summed E-state index contributed by atoms with van der Waals surface area (Å²) in [5.41, 5.74) is 8.06. The van der Waals surface area contributed by atoms with Crippen molar-refractivity contribution in [3.05, 3.63) is 174 Å². The molecule has 4 nitrogen and oxygen atoms in total. The van der Waals surface area contributed by atoms with Crippen LogP contribution in [0.1, 0.15) is 34.4 Å². The Labute approximate surface area is 283 Å². The number of para-hydroxylation sites is 1. The van der Waals surface area contributed by atoms with E-state index in [0.717, 1.165) is 27.8 Å². The van der Waals surface area contributed by atoms with Gasteiger partial charge in [-0.1, -0.05) is 134 Å². The lowest BCUT2D eigenvalue weighted by Crippen LogP contribution is -2.19. The van der Waals surface area contributed by atoms with Crippen molar-refractivity contribution >= 4 is 33.7 Å². The van der Waals surface area contributed by atoms with Gasteiger partial charge < -0.3 is 4.74 Å². The molecule has 0 saturated heterocycles. The fourth-order valence-corrected chi connectivity index (χ4v) is 8.98. The van der Waals surface area contributed by atoms with Crippen LogP contribution in [0, 0.1) is 0 Å². The Morgan fingerprint density at radius 1 is 0.604 bits per heavy atom. The predicted octanol–water partition coefficient (Wildman–Crippen LogP) is 10.1. The predicted molar refractivity (Wildman–Crippen MR) is 195 cm³/mol. The molecule has 4 unspecified atom stereocenters. The first-order chi connectivity index (χ1) is 23.8. The van der Waals surface area contributed by atoms with Gasteiger partial charge in [-0.2, -0.15) is 0 Å². The Kier molecular flexibility index (Phi) is 6.34. The molecular formula is C43H29N3OS. The quantitative estimate of drug-likeness (QED) is 0.193. The van der Waals surface area contributed by atoms with Gasteiger partial charge in [-0.15, -0.1) is 11.8 Å². The van der Waals surface area contributed by atoms with Crippen LogP contribution in [0.3, 0.4) is 0 Å². The number of benzene rings is 5. The summed E-state index contributed by atoms with van der Waals surface area (Å²) in [5.74, 6) is 3.43. The molecule has 6 aromatic rings. The van der Waals surface area contributed by atoms with Gasteiger partial charge in [0.25, 0.3) is 0 Å². The van der Waals surface area contributed by atoms with Gasteiger partial charge in [0.2, 0.25) is 0 Å². The van der Waals surface area contributed by atoms with Crippen LogP contribution in [0.2, 0.25) is 0 Å². The van der Waals surface area contributed by atoms with Gasteiger partial charge in [0.15, 0.2) is 17.5 Å². The number of nitrogens with zero attached hydrogens (tertiary/aromatic N) is 3. The summed E-state index contributed by atoms with van der Waals surface area (Å²) in [5, 5.41) is 2.67. The van der Waals surface area contributed by atoms with Crippen LogP contribution >= 0.6 is 11.8 Å². The molecule has 5 aromatic carbocycles. The summed E-state index contributed by atoms with van der Waals surface area (Å²) < 4.78 is 6.37. The fourth-order valence-electron chi connectivity index (χ4n) is 7.66. The van der Waals surface area contributed by atoms with Crippen molar-refractivity contribution in [1.29, 1.82) is 0 Å². The number of allylic oxidation sites excluding steroid dienone is 5. The van der Waals surface area contributed by atoms with Gasteiger partial charge in [-0.3, -0.25) is 0 Å². The summed E-state index contributed by atoms with van der Waals surface area (Å²) in [4.78, 5) is 16.8. The van der Waals surface area contributed by atoms with E-state index in [2.05, 4.69) is 127 Å². The second-order valence-corrected chi connectivity index (χ2v) is 13.8.